The highest BCUT2D eigenvalue weighted by molar-refractivity contribution is 8.14. The number of hydrogen-bond acceptors (Lipinski definition) is 15. The molecule has 1 unspecified atom stereocenters. The van der Waals surface area contributed by atoms with Crippen LogP contribution in [0, 0.1) is 0 Å². The molecule has 3 aliphatic heterocycles. The molecule has 1 aromatic rings. The predicted molar refractivity (Wildman–Crippen MR) is 149 cm³/mol. The molecule has 9 N–H and O–H groups in total. The molecule has 0 saturated carbocycles. The first-order chi connectivity index (χ1) is 18.9. The lowest BCUT2D eigenvalue weighted by Crippen LogP contribution is -2.71. The smallest absolute Gasteiger partial charge is 0.352 e. The highest BCUT2D eigenvalue weighted by atomic mass is 32.2. The molecule has 2 amide bonds. The molecule has 4 rings (SSSR count). The number of fused-ring (bicyclic) bond motifs is 1. The molecule has 0 bridgehead atoms. The summed E-state index contributed by atoms with van der Waals surface area (Å²) >= 11 is 3.49. The Balaban J connectivity index is 1.50. The molecular formula is C21H25N9O7S3. The Morgan fingerprint density at radius 2 is 2.08 bits per heavy atom. The normalized spacial score (nSPS) is 21.9. The Bertz CT molecular complexity index is 1390. The Kier molecular flexibility index (Phi) is 8.57. The molecule has 1 aromatic heterocycles. The van der Waals surface area contributed by atoms with Crippen molar-refractivity contribution in [3.8, 4) is 0 Å². The van der Waals surface area contributed by atoms with Crippen LogP contribution in [-0.2, 0) is 24.0 Å². The van der Waals surface area contributed by atoms with Gasteiger partial charge in [-0.1, -0.05) is 16.9 Å². The standard InChI is InChI=1S/C21H25N9O7S3/c1-7-3-29(24)21(27-14(7)22)40-5-9-4-38-17-12(16(32)30(17)13(9)19(35)36)26-15(31)11(10-6-39-20(23)25-10)28-37-8(2)18(33)34/h6,8,12,17H,3-5,22,24H2,1-2H3,(H2,23,25)(H,26,31)(H,33,34)(H,35,36)/b28-11-/t8-,12?,17-/m0/s1. The van der Waals surface area contributed by atoms with Gasteiger partial charge in [0.05, 0.1) is 6.54 Å². The van der Waals surface area contributed by atoms with E-state index < -0.39 is 41.3 Å². The number of amides is 2. The van der Waals surface area contributed by atoms with E-state index in [1.165, 1.54) is 40.8 Å². The maximum atomic E-state index is 13.1. The summed E-state index contributed by atoms with van der Waals surface area (Å²) in [4.78, 5) is 63.7. The molecule has 19 heteroatoms. The third kappa shape index (κ3) is 5.86. The highest BCUT2D eigenvalue weighted by Gasteiger charge is 2.54. The van der Waals surface area contributed by atoms with Gasteiger partial charge in [-0.3, -0.25) is 19.5 Å². The topological polar surface area (TPSA) is 252 Å². The van der Waals surface area contributed by atoms with E-state index in [2.05, 4.69) is 20.4 Å². The first-order valence-corrected chi connectivity index (χ1v) is 14.4. The summed E-state index contributed by atoms with van der Waals surface area (Å²) in [5, 5.41) is 27.8. The van der Waals surface area contributed by atoms with Crippen molar-refractivity contribution in [3.63, 3.8) is 0 Å². The van der Waals surface area contributed by atoms with Crippen LogP contribution in [0.15, 0.2) is 38.2 Å². The fourth-order valence-corrected chi connectivity index (χ4v) is 6.67. The number of carboxylic acid groups (broad SMARTS) is 2. The SMILES string of the molecule is CC1=C(N)N=C(SCC2=C(C(=O)O)N3C(=O)C(NC(=O)/C(=N\O[C@@H](C)C(=O)O)c4csc(N)n4)[C@@H]3SC2)N(N)C1. The van der Waals surface area contributed by atoms with E-state index in [1.807, 2.05) is 0 Å². The van der Waals surface area contributed by atoms with Crippen molar-refractivity contribution in [2.24, 2.45) is 21.7 Å². The maximum Gasteiger partial charge on any atom is 0.352 e. The molecule has 3 aliphatic rings. The summed E-state index contributed by atoms with van der Waals surface area (Å²) in [7, 11) is 0. The van der Waals surface area contributed by atoms with Crippen LogP contribution in [0.5, 0.6) is 0 Å². The van der Waals surface area contributed by atoms with E-state index in [0.29, 0.717) is 23.1 Å². The fourth-order valence-electron chi connectivity index (χ4n) is 3.72. The van der Waals surface area contributed by atoms with Crippen LogP contribution in [0.1, 0.15) is 19.5 Å². The van der Waals surface area contributed by atoms with Gasteiger partial charge in [0.25, 0.3) is 11.8 Å². The average Bonchev–Trinajstić information content (AvgIpc) is 3.33. The number of nitrogen functional groups attached to an aromatic ring is 1. The number of hydrogen-bond donors (Lipinski definition) is 6. The second kappa shape index (κ2) is 11.7. The molecule has 0 radical (unpaired) electrons. The minimum absolute atomic E-state index is 0.0215. The third-order valence-corrected chi connectivity index (χ3v) is 8.94. The van der Waals surface area contributed by atoms with Crippen LogP contribution in [-0.4, -0.2) is 95.3 Å². The van der Waals surface area contributed by atoms with Crippen LogP contribution in [0.4, 0.5) is 5.13 Å². The first kappa shape index (κ1) is 29.2. The number of nitrogens with zero attached hydrogens (tertiary/aromatic N) is 5. The molecule has 4 heterocycles. The van der Waals surface area contributed by atoms with Gasteiger partial charge in [0, 0.05) is 16.9 Å². The number of carboxylic acids is 2. The van der Waals surface area contributed by atoms with Crippen molar-refractivity contribution in [3.05, 3.63) is 33.7 Å². The van der Waals surface area contributed by atoms with Crippen LogP contribution in [0.25, 0.3) is 0 Å². The lowest BCUT2D eigenvalue weighted by Gasteiger charge is -2.49. The monoisotopic (exact) mass is 611 g/mol. The Hall–Kier alpha value is -3.81. The van der Waals surface area contributed by atoms with Crippen LogP contribution >= 0.6 is 34.9 Å². The van der Waals surface area contributed by atoms with Gasteiger partial charge in [-0.15, -0.1) is 23.1 Å². The second-order valence-electron chi connectivity index (χ2n) is 8.69. The molecule has 214 valence electrons. The minimum Gasteiger partial charge on any atom is -0.478 e. The third-order valence-electron chi connectivity index (χ3n) is 5.85. The number of aliphatic imine (C=N–C) groups is 1. The molecule has 0 aliphatic carbocycles. The summed E-state index contributed by atoms with van der Waals surface area (Å²) < 4.78 is 0. The highest BCUT2D eigenvalue weighted by Crippen LogP contribution is 2.41. The molecule has 0 aromatic carbocycles. The summed E-state index contributed by atoms with van der Waals surface area (Å²) in [6, 6.07) is -1.07. The molecule has 0 spiro atoms. The van der Waals surface area contributed by atoms with Gasteiger partial charge in [-0.05, 0) is 25.0 Å². The Morgan fingerprint density at radius 1 is 1.35 bits per heavy atom. The van der Waals surface area contributed by atoms with E-state index >= 15 is 0 Å². The number of anilines is 1. The number of nitrogens with two attached hydrogens (primary N) is 3. The minimum atomic E-state index is -1.37. The summed E-state index contributed by atoms with van der Waals surface area (Å²) in [5.74, 6) is 2.70. The van der Waals surface area contributed by atoms with Gasteiger partial charge in [0.1, 0.15) is 28.6 Å². The summed E-state index contributed by atoms with van der Waals surface area (Å²) in [6.07, 6.45) is -1.37. The number of carbonyl (C=O) groups is 4. The molecule has 40 heavy (non-hydrogen) atoms. The van der Waals surface area contributed by atoms with Crippen LogP contribution in [0.3, 0.4) is 0 Å². The van der Waals surface area contributed by atoms with Crippen molar-refractivity contribution in [2.75, 3.05) is 23.8 Å². The van der Waals surface area contributed by atoms with E-state index in [9.17, 15) is 24.3 Å². The van der Waals surface area contributed by atoms with Gasteiger partial charge in [0.2, 0.25) is 6.10 Å². The fraction of sp³-hybridized carbons (Fsp3) is 0.381. The largest absolute Gasteiger partial charge is 0.478 e. The average molecular weight is 612 g/mol. The van der Waals surface area contributed by atoms with Crippen molar-refractivity contribution < 1.29 is 34.2 Å². The van der Waals surface area contributed by atoms with Gasteiger partial charge >= 0.3 is 11.9 Å². The summed E-state index contributed by atoms with van der Waals surface area (Å²) in [5.41, 5.74) is 12.3. The zero-order valence-corrected chi connectivity index (χ0v) is 23.5. The van der Waals surface area contributed by atoms with E-state index in [0.717, 1.165) is 21.8 Å². The van der Waals surface area contributed by atoms with Crippen LogP contribution < -0.4 is 22.6 Å². The number of rotatable bonds is 9. The molecule has 16 nitrogen and oxygen atoms in total. The number of thioether (sulfide) groups is 2. The van der Waals surface area contributed by atoms with Crippen molar-refractivity contribution in [1.29, 1.82) is 0 Å². The van der Waals surface area contributed by atoms with E-state index in [1.54, 1.807) is 6.92 Å². The number of aliphatic carboxylic acids is 2. The molecule has 1 fully saturated rings. The lowest BCUT2D eigenvalue weighted by atomic mass is 10.0. The predicted octanol–water partition coefficient (Wildman–Crippen LogP) is -0.874. The molecule has 3 atom stereocenters. The summed E-state index contributed by atoms with van der Waals surface area (Å²) in [6.45, 7) is 3.40. The number of hydrazine groups is 1. The van der Waals surface area contributed by atoms with Gasteiger partial charge in [0.15, 0.2) is 16.0 Å². The molecular weight excluding hydrogens is 586 g/mol. The molecule has 1 saturated heterocycles. The van der Waals surface area contributed by atoms with Gasteiger partial charge in [-0.25, -0.2) is 25.4 Å². The second-order valence-corrected chi connectivity index (χ2v) is 11.6. The van der Waals surface area contributed by atoms with Gasteiger partial charge < -0.3 is 31.8 Å². The lowest BCUT2D eigenvalue weighted by molar-refractivity contribution is -0.150. The number of thiazole rings is 1. The number of aromatic nitrogens is 1. The zero-order chi connectivity index (χ0) is 29.3. The Morgan fingerprint density at radius 3 is 2.70 bits per heavy atom. The quantitative estimate of drug-likeness (QED) is 0.0859. The van der Waals surface area contributed by atoms with Crippen molar-refractivity contribution in [1.82, 2.24) is 20.2 Å². The number of carbonyl (C=O) groups excluding carboxylic acids is 2. The van der Waals surface area contributed by atoms with E-state index in [4.69, 9.17) is 27.3 Å². The van der Waals surface area contributed by atoms with Crippen LogP contribution in [0.2, 0.25) is 0 Å². The van der Waals surface area contributed by atoms with E-state index in [-0.39, 0.29) is 33.7 Å². The number of oxime groups is 1. The number of amidine groups is 1. The first-order valence-electron chi connectivity index (χ1n) is 11.5. The number of nitrogens with one attached hydrogen (secondary N) is 1. The zero-order valence-electron chi connectivity index (χ0n) is 21.1. The number of β-lactam (4-membered cyclic amide) rings is 1. The van der Waals surface area contributed by atoms with Crippen molar-refractivity contribution in [2.45, 2.75) is 31.4 Å². The maximum absolute atomic E-state index is 13.1. The Labute approximate surface area is 239 Å². The van der Waals surface area contributed by atoms with Crippen molar-refractivity contribution >= 4 is 74.6 Å². The van der Waals surface area contributed by atoms with Gasteiger partial charge in [-0.2, -0.15) is 0 Å².